The summed E-state index contributed by atoms with van der Waals surface area (Å²) in [5.41, 5.74) is 0. The summed E-state index contributed by atoms with van der Waals surface area (Å²) in [7, 11) is 1.26. The van der Waals surface area contributed by atoms with Gasteiger partial charge in [-0.1, -0.05) is 223 Å². The number of nitrogens with one attached hydrogen (secondary N) is 1. The monoisotopic (exact) mass is 865 g/mol. The number of carbonyl (C=O) groups is 1. The number of carbonyl (C=O) groups excluding carboxylic acids is 1. The van der Waals surface area contributed by atoms with Crippen LogP contribution in [0.3, 0.4) is 0 Å². The average molecular weight is 865 g/mol. The summed E-state index contributed by atoms with van der Waals surface area (Å²) in [4.78, 5) is 25.3. The van der Waals surface area contributed by atoms with Crippen molar-refractivity contribution in [2.24, 2.45) is 0 Å². The number of allylic oxidation sites excluding steroid dienone is 8. The molecule has 352 valence electrons. The fraction of sp³-hybridized carbons (Fsp3) is 0.824. The topological polar surface area (TPSA) is 108 Å². The van der Waals surface area contributed by atoms with Gasteiger partial charge in [0, 0.05) is 6.42 Å². The molecule has 0 saturated carbocycles. The van der Waals surface area contributed by atoms with Crippen LogP contribution in [0.2, 0.25) is 0 Å². The van der Waals surface area contributed by atoms with Crippen molar-refractivity contribution in [3.8, 4) is 0 Å². The van der Waals surface area contributed by atoms with Crippen LogP contribution in [0.4, 0.5) is 0 Å². The van der Waals surface area contributed by atoms with Crippen LogP contribution >= 0.6 is 7.82 Å². The first-order valence-electron chi connectivity index (χ1n) is 25.0. The van der Waals surface area contributed by atoms with Crippen molar-refractivity contribution in [2.75, 3.05) is 40.9 Å². The molecule has 0 aromatic carbocycles. The van der Waals surface area contributed by atoms with Gasteiger partial charge in [0.25, 0.3) is 7.82 Å². The van der Waals surface area contributed by atoms with Crippen molar-refractivity contribution in [1.82, 2.24) is 5.32 Å². The van der Waals surface area contributed by atoms with Crippen LogP contribution in [0, 0.1) is 0 Å². The molecule has 9 heteroatoms. The standard InChI is InChI=1S/C51H97N2O6P/c1-6-8-10-12-14-16-18-20-21-22-23-24-25-26-27-28-29-30-31-33-34-36-38-40-42-44-50(54)49(48-59-60(56,57)58-47-46-53(3,4)5)52-51(55)45-43-41-39-37-35-32-19-17-15-13-11-9-7-2/h9,11,15,17,32,35,39,41,49-50,54H,6-8,10,12-14,16,18-31,33-34,36-38,40,42-48H2,1-5H3,(H-,52,55,56,57)/b11-9-,17-15-,35-32-,41-39-. The highest BCUT2D eigenvalue weighted by Crippen LogP contribution is 2.38. The van der Waals surface area contributed by atoms with Gasteiger partial charge in [-0.05, 0) is 38.5 Å². The molecule has 0 aliphatic carbocycles. The van der Waals surface area contributed by atoms with Gasteiger partial charge in [-0.25, -0.2) is 0 Å². The van der Waals surface area contributed by atoms with Gasteiger partial charge in [0.1, 0.15) is 13.2 Å². The number of phosphoric acid groups is 1. The molecule has 0 saturated heterocycles. The summed E-state index contributed by atoms with van der Waals surface area (Å²) in [5.74, 6) is -0.244. The molecule has 0 rings (SSSR count). The largest absolute Gasteiger partial charge is 0.756 e. The minimum Gasteiger partial charge on any atom is -0.756 e. The van der Waals surface area contributed by atoms with Crippen LogP contribution in [-0.4, -0.2) is 68.5 Å². The molecular formula is C51H97N2O6P. The Labute approximate surface area is 371 Å². The van der Waals surface area contributed by atoms with E-state index < -0.39 is 20.0 Å². The molecule has 0 spiro atoms. The SMILES string of the molecule is CC/C=C\C/C=C\C/C=C\C/C=C\CCC(=O)NC(COP(=O)([O-])OCC[N+](C)(C)C)C(O)CCCCCCCCCCCCCCCCCCCCCCCCCCC. The van der Waals surface area contributed by atoms with Crippen LogP contribution < -0.4 is 10.2 Å². The van der Waals surface area contributed by atoms with E-state index in [1.165, 1.54) is 141 Å². The zero-order valence-electron chi connectivity index (χ0n) is 39.9. The van der Waals surface area contributed by atoms with Crippen LogP contribution in [0.15, 0.2) is 48.6 Å². The highest BCUT2D eigenvalue weighted by molar-refractivity contribution is 7.45. The predicted octanol–water partition coefficient (Wildman–Crippen LogP) is 13.8. The molecule has 60 heavy (non-hydrogen) atoms. The van der Waals surface area contributed by atoms with E-state index in [2.05, 4.69) is 55.6 Å². The molecule has 0 aliphatic heterocycles. The number of hydrogen-bond donors (Lipinski definition) is 2. The molecule has 0 aliphatic rings. The summed E-state index contributed by atoms with van der Waals surface area (Å²) in [5, 5.41) is 13.9. The van der Waals surface area contributed by atoms with E-state index in [9.17, 15) is 19.4 Å². The van der Waals surface area contributed by atoms with Crippen molar-refractivity contribution >= 4 is 13.7 Å². The number of aliphatic hydroxyl groups is 1. The van der Waals surface area contributed by atoms with Gasteiger partial charge in [-0.3, -0.25) is 9.36 Å². The minimum atomic E-state index is -4.59. The molecule has 0 aromatic rings. The number of hydrogen-bond acceptors (Lipinski definition) is 6. The number of nitrogens with zero attached hydrogens (tertiary/aromatic N) is 1. The van der Waals surface area contributed by atoms with Crippen LogP contribution in [0.5, 0.6) is 0 Å². The lowest BCUT2D eigenvalue weighted by molar-refractivity contribution is -0.870. The van der Waals surface area contributed by atoms with Crippen molar-refractivity contribution in [1.29, 1.82) is 0 Å². The zero-order chi connectivity index (χ0) is 44.3. The number of quaternary nitrogens is 1. The van der Waals surface area contributed by atoms with E-state index in [1.807, 2.05) is 33.3 Å². The second kappa shape index (κ2) is 42.7. The third-order valence-corrected chi connectivity index (χ3v) is 12.1. The molecule has 3 unspecified atom stereocenters. The lowest BCUT2D eigenvalue weighted by Gasteiger charge is -2.30. The maximum Gasteiger partial charge on any atom is 0.268 e. The zero-order valence-corrected chi connectivity index (χ0v) is 40.8. The van der Waals surface area contributed by atoms with E-state index in [0.717, 1.165) is 44.9 Å². The number of rotatable bonds is 45. The van der Waals surface area contributed by atoms with Crippen molar-refractivity contribution in [3.05, 3.63) is 48.6 Å². The number of likely N-dealkylation sites (N-methyl/N-ethyl adjacent to an activating group) is 1. The lowest BCUT2D eigenvalue weighted by Crippen LogP contribution is -2.46. The summed E-state index contributed by atoms with van der Waals surface area (Å²) in [6, 6.07) is -0.839. The Bertz CT molecular complexity index is 1120. The van der Waals surface area contributed by atoms with Gasteiger partial charge in [-0.2, -0.15) is 0 Å². The van der Waals surface area contributed by atoms with Crippen molar-refractivity contribution in [2.45, 2.75) is 231 Å². The van der Waals surface area contributed by atoms with Crippen LogP contribution in [-0.2, 0) is 18.4 Å². The average Bonchev–Trinajstić information content (AvgIpc) is 3.20. The van der Waals surface area contributed by atoms with Gasteiger partial charge in [0.15, 0.2) is 0 Å². The van der Waals surface area contributed by atoms with Crippen molar-refractivity contribution < 1.29 is 32.9 Å². The van der Waals surface area contributed by atoms with E-state index in [4.69, 9.17) is 9.05 Å². The first-order chi connectivity index (χ1) is 29.0. The van der Waals surface area contributed by atoms with Gasteiger partial charge >= 0.3 is 0 Å². The third-order valence-electron chi connectivity index (χ3n) is 11.1. The summed E-state index contributed by atoms with van der Waals surface area (Å²) >= 11 is 0. The summed E-state index contributed by atoms with van der Waals surface area (Å²) < 4.78 is 23.3. The van der Waals surface area contributed by atoms with E-state index in [-0.39, 0.29) is 25.5 Å². The third kappa shape index (κ3) is 44.5. The first kappa shape index (κ1) is 58.5. The Balaban J connectivity index is 4.23. The molecule has 0 heterocycles. The van der Waals surface area contributed by atoms with Gasteiger partial charge in [0.05, 0.1) is 39.9 Å². The molecular weight excluding hydrogens is 768 g/mol. The maximum atomic E-state index is 12.8. The Morgan fingerprint density at radius 3 is 1.38 bits per heavy atom. The highest BCUT2D eigenvalue weighted by Gasteiger charge is 2.24. The highest BCUT2D eigenvalue weighted by atomic mass is 31.2. The number of amides is 1. The Morgan fingerprint density at radius 1 is 0.600 bits per heavy atom. The van der Waals surface area contributed by atoms with E-state index in [1.54, 1.807) is 0 Å². The van der Waals surface area contributed by atoms with Crippen molar-refractivity contribution in [3.63, 3.8) is 0 Å². The number of unbranched alkanes of at least 4 members (excludes halogenated alkanes) is 24. The Hall–Kier alpha value is -1.54. The Kier molecular flexibility index (Phi) is 41.6. The summed E-state index contributed by atoms with van der Waals surface area (Å²) in [6.07, 6.45) is 54.4. The normalized spacial score (nSPS) is 14.6. The fourth-order valence-electron chi connectivity index (χ4n) is 7.17. The van der Waals surface area contributed by atoms with Crippen LogP contribution in [0.25, 0.3) is 0 Å². The molecule has 0 bridgehead atoms. The molecule has 2 N–H and O–H groups in total. The molecule has 8 nitrogen and oxygen atoms in total. The van der Waals surface area contributed by atoms with Gasteiger partial charge < -0.3 is 28.8 Å². The smallest absolute Gasteiger partial charge is 0.268 e. The molecule has 0 aromatic heterocycles. The molecule has 0 fully saturated rings. The van der Waals surface area contributed by atoms with E-state index >= 15 is 0 Å². The minimum absolute atomic E-state index is 0.00170. The Morgan fingerprint density at radius 2 is 0.983 bits per heavy atom. The van der Waals surface area contributed by atoms with Gasteiger partial charge in [0.2, 0.25) is 5.91 Å². The first-order valence-corrected chi connectivity index (χ1v) is 26.4. The molecule has 0 radical (unpaired) electrons. The van der Waals surface area contributed by atoms with Gasteiger partial charge in [-0.15, -0.1) is 0 Å². The summed E-state index contributed by atoms with van der Waals surface area (Å²) in [6.45, 7) is 4.55. The number of phosphoric ester groups is 1. The maximum absolute atomic E-state index is 12.8. The molecule has 1 amide bonds. The lowest BCUT2D eigenvalue weighted by atomic mass is 10.0. The van der Waals surface area contributed by atoms with Crippen LogP contribution in [0.1, 0.15) is 219 Å². The quantitative estimate of drug-likeness (QED) is 0.0273. The van der Waals surface area contributed by atoms with E-state index in [0.29, 0.717) is 23.9 Å². The predicted molar refractivity (Wildman–Crippen MR) is 256 cm³/mol. The second-order valence-corrected chi connectivity index (χ2v) is 19.6. The fourth-order valence-corrected chi connectivity index (χ4v) is 7.89. The number of aliphatic hydroxyl groups excluding tert-OH is 1. The second-order valence-electron chi connectivity index (χ2n) is 18.1. The molecule has 3 atom stereocenters.